The number of ether oxygens (including phenoxy) is 1. The number of ketones is 1. The summed E-state index contributed by atoms with van der Waals surface area (Å²) in [5.74, 6) is 0.593. The fourth-order valence-electron chi connectivity index (χ4n) is 4.35. The van der Waals surface area contributed by atoms with Crippen LogP contribution in [0.2, 0.25) is 0 Å². The maximum atomic E-state index is 13.1. The van der Waals surface area contributed by atoms with Gasteiger partial charge in [-0.05, 0) is 50.8 Å². The van der Waals surface area contributed by atoms with E-state index in [2.05, 4.69) is 18.4 Å². The van der Waals surface area contributed by atoms with Crippen LogP contribution >= 0.6 is 11.8 Å². The highest BCUT2D eigenvalue weighted by Crippen LogP contribution is 2.24. The van der Waals surface area contributed by atoms with Gasteiger partial charge in [-0.15, -0.1) is 0 Å². The molecule has 32 heavy (non-hydrogen) atoms. The second-order valence-electron chi connectivity index (χ2n) is 8.96. The standard InChI is InChI=1S/C25H31N3O3S/c1-16(2)13-28-24(30)20-9-5-6-10-22(20)26-25(28)32-15-23(29)21-12-17(3)27(18(21)4)14-19-8-7-11-31-19/h5-6,9-10,12,16,19H,7-8,11,13-15H2,1-4H3/t19-/m1/s1. The van der Waals surface area contributed by atoms with Crippen molar-refractivity contribution in [2.45, 2.75) is 64.9 Å². The van der Waals surface area contributed by atoms with Crippen LogP contribution in [0.5, 0.6) is 0 Å². The van der Waals surface area contributed by atoms with Crippen LogP contribution in [0.1, 0.15) is 48.4 Å². The van der Waals surface area contributed by atoms with Crippen LogP contribution < -0.4 is 5.56 Å². The smallest absolute Gasteiger partial charge is 0.262 e. The summed E-state index contributed by atoms with van der Waals surface area (Å²) in [6.07, 6.45) is 2.39. The molecular weight excluding hydrogens is 422 g/mol. The Balaban J connectivity index is 1.57. The van der Waals surface area contributed by atoms with E-state index in [0.29, 0.717) is 28.5 Å². The zero-order valence-corrected chi connectivity index (χ0v) is 20.1. The molecule has 3 aromatic rings. The molecular formula is C25H31N3O3S. The van der Waals surface area contributed by atoms with E-state index in [-0.39, 0.29) is 23.2 Å². The minimum Gasteiger partial charge on any atom is -0.376 e. The van der Waals surface area contributed by atoms with Gasteiger partial charge in [0, 0.05) is 36.6 Å². The largest absolute Gasteiger partial charge is 0.376 e. The van der Waals surface area contributed by atoms with Crippen LogP contribution in [-0.2, 0) is 17.8 Å². The van der Waals surface area contributed by atoms with Crippen molar-refractivity contribution < 1.29 is 9.53 Å². The van der Waals surface area contributed by atoms with Crippen molar-refractivity contribution in [3.8, 4) is 0 Å². The minimum absolute atomic E-state index is 0.0472. The van der Waals surface area contributed by atoms with Crippen molar-refractivity contribution >= 4 is 28.4 Å². The number of carbonyl (C=O) groups excluding carboxylic acids is 1. The predicted molar refractivity (Wildman–Crippen MR) is 129 cm³/mol. The third-order valence-corrected chi connectivity index (χ3v) is 6.97. The van der Waals surface area contributed by atoms with Crippen LogP contribution in [0.15, 0.2) is 40.3 Å². The molecule has 2 aromatic heterocycles. The molecule has 0 aliphatic carbocycles. The molecule has 6 nitrogen and oxygen atoms in total. The fraction of sp³-hybridized carbons (Fsp3) is 0.480. The lowest BCUT2D eigenvalue weighted by Crippen LogP contribution is -2.25. The van der Waals surface area contributed by atoms with E-state index in [1.54, 1.807) is 4.57 Å². The van der Waals surface area contributed by atoms with E-state index >= 15 is 0 Å². The predicted octanol–water partition coefficient (Wildman–Crippen LogP) is 4.62. The fourth-order valence-corrected chi connectivity index (χ4v) is 5.24. The lowest BCUT2D eigenvalue weighted by atomic mass is 10.2. The van der Waals surface area contributed by atoms with Gasteiger partial charge in [-0.2, -0.15) is 0 Å². The molecule has 1 aliphatic rings. The molecule has 7 heteroatoms. The molecule has 1 aliphatic heterocycles. The number of rotatable bonds is 8. The van der Waals surface area contributed by atoms with Gasteiger partial charge in [0.25, 0.3) is 5.56 Å². The minimum atomic E-state index is -0.0472. The summed E-state index contributed by atoms with van der Waals surface area (Å²) in [7, 11) is 0. The lowest BCUT2D eigenvalue weighted by molar-refractivity contribution is 0.0957. The molecule has 0 N–H and O–H groups in total. The number of para-hydroxylation sites is 1. The van der Waals surface area contributed by atoms with Gasteiger partial charge in [0.05, 0.1) is 22.8 Å². The molecule has 0 radical (unpaired) electrons. The van der Waals surface area contributed by atoms with Crippen LogP contribution in [0.4, 0.5) is 0 Å². The third kappa shape index (κ3) is 4.69. The molecule has 1 aromatic carbocycles. The van der Waals surface area contributed by atoms with Gasteiger partial charge in [-0.3, -0.25) is 14.2 Å². The first kappa shape index (κ1) is 22.8. The molecule has 0 spiro atoms. The molecule has 0 bridgehead atoms. The van der Waals surface area contributed by atoms with E-state index < -0.39 is 0 Å². The van der Waals surface area contributed by atoms with Gasteiger partial charge in [-0.25, -0.2) is 4.98 Å². The number of fused-ring (bicyclic) bond motifs is 1. The third-order valence-electron chi connectivity index (χ3n) is 5.99. The Morgan fingerprint density at radius 1 is 1.25 bits per heavy atom. The number of thioether (sulfide) groups is 1. The molecule has 1 atom stereocenters. The van der Waals surface area contributed by atoms with E-state index in [4.69, 9.17) is 9.72 Å². The second-order valence-corrected chi connectivity index (χ2v) is 9.91. The van der Waals surface area contributed by atoms with Crippen LogP contribution in [0.3, 0.4) is 0 Å². The Kier molecular flexibility index (Phi) is 6.86. The summed E-state index contributed by atoms with van der Waals surface area (Å²) in [5, 5.41) is 1.21. The van der Waals surface area contributed by atoms with Crippen molar-refractivity contribution in [3.63, 3.8) is 0 Å². The van der Waals surface area contributed by atoms with Crippen molar-refractivity contribution in [2.24, 2.45) is 5.92 Å². The SMILES string of the molecule is Cc1cc(C(=O)CSc2nc3ccccc3c(=O)n2CC(C)C)c(C)n1C[C@H]1CCCO1. The quantitative estimate of drug-likeness (QED) is 0.283. The zero-order valence-electron chi connectivity index (χ0n) is 19.3. The van der Waals surface area contributed by atoms with Crippen LogP contribution in [0.25, 0.3) is 10.9 Å². The number of aryl methyl sites for hydroxylation is 1. The van der Waals surface area contributed by atoms with Gasteiger partial charge < -0.3 is 9.30 Å². The summed E-state index contributed by atoms with van der Waals surface area (Å²) in [4.78, 5) is 30.9. The Labute approximate surface area is 193 Å². The summed E-state index contributed by atoms with van der Waals surface area (Å²) < 4.78 is 9.69. The lowest BCUT2D eigenvalue weighted by Gasteiger charge is -2.15. The number of benzene rings is 1. The van der Waals surface area contributed by atoms with Crippen molar-refractivity contribution in [1.29, 1.82) is 0 Å². The van der Waals surface area contributed by atoms with E-state index in [9.17, 15) is 9.59 Å². The van der Waals surface area contributed by atoms with Gasteiger partial charge in [0.1, 0.15) is 0 Å². The van der Waals surface area contributed by atoms with Crippen LogP contribution in [0, 0.1) is 19.8 Å². The second kappa shape index (κ2) is 9.63. The first-order valence-corrected chi connectivity index (χ1v) is 12.3. The summed E-state index contributed by atoms with van der Waals surface area (Å²) in [6.45, 7) is 10.4. The Hall–Kier alpha value is -2.38. The number of nitrogens with zero attached hydrogens (tertiary/aromatic N) is 3. The van der Waals surface area contributed by atoms with Gasteiger partial charge in [-0.1, -0.05) is 37.7 Å². The number of Topliss-reactive ketones (excluding diaryl/α,β-unsaturated/α-hetero) is 1. The van der Waals surface area contributed by atoms with Crippen molar-refractivity contribution in [2.75, 3.05) is 12.4 Å². The summed E-state index contributed by atoms with van der Waals surface area (Å²) in [5.41, 5.74) is 3.42. The first-order chi connectivity index (χ1) is 15.3. The molecule has 0 amide bonds. The highest BCUT2D eigenvalue weighted by atomic mass is 32.2. The number of aromatic nitrogens is 3. The van der Waals surface area contributed by atoms with Crippen LogP contribution in [-0.4, -0.2) is 38.4 Å². The molecule has 0 unspecified atom stereocenters. The van der Waals surface area contributed by atoms with Crippen molar-refractivity contribution in [3.05, 3.63) is 57.6 Å². The van der Waals surface area contributed by atoms with Crippen molar-refractivity contribution in [1.82, 2.24) is 14.1 Å². The highest BCUT2D eigenvalue weighted by Gasteiger charge is 2.22. The maximum absolute atomic E-state index is 13.1. The average Bonchev–Trinajstić information content (AvgIpc) is 3.38. The Morgan fingerprint density at radius 3 is 2.75 bits per heavy atom. The first-order valence-electron chi connectivity index (χ1n) is 11.3. The maximum Gasteiger partial charge on any atom is 0.262 e. The average molecular weight is 454 g/mol. The Morgan fingerprint density at radius 2 is 2.03 bits per heavy atom. The van der Waals surface area contributed by atoms with Gasteiger partial charge in [0.15, 0.2) is 10.9 Å². The molecule has 4 rings (SSSR count). The highest BCUT2D eigenvalue weighted by molar-refractivity contribution is 7.99. The molecule has 0 saturated carbocycles. The van der Waals surface area contributed by atoms with E-state index in [0.717, 1.165) is 42.9 Å². The molecule has 1 saturated heterocycles. The molecule has 3 heterocycles. The topological polar surface area (TPSA) is 66.1 Å². The van der Waals surface area contributed by atoms with Gasteiger partial charge in [0.2, 0.25) is 0 Å². The molecule has 1 fully saturated rings. The monoisotopic (exact) mass is 453 g/mol. The molecule has 170 valence electrons. The number of hydrogen-bond acceptors (Lipinski definition) is 5. The Bertz CT molecular complexity index is 1190. The summed E-state index contributed by atoms with van der Waals surface area (Å²) >= 11 is 1.35. The van der Waals surface area contributed by atoms with E-state index in [1.165, 1.54) is 11.8 Å². The normalized spacial score (nSPS) is 16.3. The van der Waals surface area contributed by atoms with E-state index in [1.807, 2.05) is 44.2 Å². The number of carbonyl (C=O) groups is 1. The van der Waals surface area contributed by atoms with Gasteiger partial charge >= 0.3 is 0 Å². The summed E-state index contributed by atoms with van der Waals surface area (Å²) in [6, 6.07) is 9.37. The number of hydrogen-bond donors (Lipinski definition) is 0. The zero-order chi connectivity index (χ0) is 22.8.